The zero-order chi connectivity index (χ0) is 22.1. The number of amides is 1. The molecule has 1 aliphatic heterocycles. The first-order valence-electron chi connectivity index (χ1n) is 11.4. The van der Waals surface area contributed by atoms with Crippen molar-refractivity contribution in [2.45, 2.75) is 50.7 Å². The fraction of sp³-hybridized carbons (Fsp3) is 0.458. The number of hydrogen-bond acceptors (Lipinski definition) is 5. The number of nitrogens with zero attached hydrogens (tertiary/aromatic N) is 3. The summed E-state index contributed by atoms with van der Waals surface area (Å²) in [7, 11) is 0. The van der Waals surface area contributed by atoms with E-state index in [0.717, 1.165) is 52.3 Å². The second-order valence-electron chi connectivity index (χ2n) is 8.88. The van der Waals surface area contributed by atoms with Crippen LogP contribution >= 0.6 is 15.9 Å². The van der Waals surface area contributed by atoms with Crippen molar-refractivity contribution in [1.82, 2.24) is 19.9 Å². The number of H-pyrrole nitrogens is 1. The van der Waals surface area contributed by atoms with Gasteiger partial charge in [0.1, 0.15) is 0 Å². The summed E-state index contributed by atoms with van der Waals surface area (Å²) < 4.78 is 1.03. The van der Waals surface area contributed by atoms with Crippen LogP contribution in [0.1, 0.15) is 38.5 Å². The highest BCUT2D eigenvalue weighted by Crippen LogP contribution is 2.34. The summed E-state index contributed by atoms with van der Waals surface area (Å²) in [6.45, 7) is 1.37. The molecule has 8 heteroatoms. The molecule has 3 N–H and O–H groups in total. The Hall–Kier alpha value is -2.45. The molecule has 1 aromatic carbocycles. The van der Waals surface area contributed by atoms with Crippen LogP contribution < -0.4 is 5.32 Å². The first kappa shape index (κ1) is 21.4. The van der Waals surface area contributed by atoms with Crippen molar-refractivity contribution in [3.05, 3.63) is 41.1 Å². The predicted molar refractivity (Wildman–Crippen MR) is 128 cm³/mol. The molecule has 1 amide bonds. The van der Waals surface area contributed by atoms with Crippen LogP contribution in [-0.2, 0) is 4.79 Å². The van der Waals surface area contributed by atoms with Gasteiger partial charge in [-0.1, -0.05) is 22.0 Å². The molecular formula is C24H28BrN5O2. The maximum absolute atomic E-state index is 12.8. The van der Waals surface area contributed by atoms with Gasteiger partial charge in [-0.2, -0.15) is 0 Å². The Morgan fingerprint density at radius 2 is 1.91 bits per heavy atom. The van der Waals surface area contributed by atoms with Gasteiger partial charge in [-0.25, -0.2) is 9.97 Å². The number of piperidine rings is 1. The highest BCUT2D eigenvalue weighted by molar-refractivity contribution is 9.10. The first-order valence-corrected chi connectivity index (χ1v) is 12.2. The van der Waals surface area contributed by atoms with Crippen LogP contribution in [0.4, 0.5) is 5.95 Å². The second kappa shape index (κ2) is 9.19. The van der Waals surface area contributed by atoms with Crippen molar-refractivity contribution in [3.8, 4) is 11.3 Å². The molecule has 0 radical (unpaired) electrons. The van der Waals surface area contributed by atoms with Crippen molar-refractivity contribution >= 4 is 38.7 Å². The number of nitrogens with one attached hydrogen (secondary N) is 2. The third-order valence-electron chi connectivity index (χ3n) is 6.77. The minimum absolute atomic E-state index is 0.0964. The quantitative estimate of drug-likeness (QED) is 0.498. The summed E-state index contributed by atoms with van der Waals surface area (Å²) in [5.41, 5.74) is 2.98. The van der Waals surface area contributed by atoms with Crippen LogP contribution in [0.2, 0.25) is 0 Å². The van der Waals surface area contributed by atoms with E-state index < -0.39 is 0 Å². The van der Waals surface area contributed by atoms with Crippen molar-refractivity contribution in [1.29, 1.82) is 0 Å². The van der Waals surface area contributed by atoms with Crippen molar-refractivity contribution in [3.63, 3.8) is 0 Å². The number of aliphatic hydroxyl groups excluding tert-OH is 1. The summed E-state index contributed by atoms with van der Waals surface area (Å²) in [5, 5.41) is 14.3. The Labute approximate surface area is 195 Å². The van der Waals surface area contributed by atoms with Crippen LogP contribution in [0.15, 0.2) is 41.1 Å². The van der Waals surface area contributed by atoms with Gasteiger partial charge in [-0.15, -0.1) is 0 Å². The molecule has 1 aliphatic carbocycles. The molecule has 5 rings (SSSR count). The number of hydrogen-bond donors (Lipinski definition) is 3. The summed E-state index contributed by atoms with van der Waals surface area (Å²) in [4.78, 5) is 27.3. The zero-order valence-electron chi connectivity index (χ0n) is 17.9. The molecule has 3 heterocycles. The summed E-state index contributed by atoms with van der Waals surface area (Å²) >= 11 is 3.65. The van der Waals surface area contributed by atoms with E-state index >= 15 is 0 Å². The van der Waals surface area contributed by atoms with Crippen molar-refractivity contribution in [2.75, 3.05) is 18.4 Å². The topological polar surface area (TPSA) is 94.1 Å². The monoisotopic (exact) mass is 497 g/mol. The number of aliphatic hydroxyl groups is 1. The number of fused-ring (bicyclic) bond motifs is 1. The van der Waals surface area contributed by atoms with E-state index in [9.17, 15) is 9.90 Å². The fourth-order valence-electron chi connectivity index (χ4n) is 4.93. The molecule has 2 aromatic heterocycles. The number of rotatable bonds is 4. The number of aromatic nitrogens is 3. The van der Waals surface area contributed by atoms with Crippen molar-refractivity contribution < 1.29 is 9.90 Å². The molecule has 0 bridgehead atoms. The summed E-state index contributed by atoms with van der Waals surface area (Å²) in [5.74, 6) is 0.987. The van der Waals surface area contributed by atoms with E-state index in [1.54, 1.807) is 6.20 Å². The smallest absolute Gasteiger partial charge is 0.225 e. The molecule has 7 nitrogen and oxygen atoms in total. The zero-order valence-corrected chi connectivity index (χ0v) is 19.5. The lowest BCUT2D eigenvalue weighted by molar-refractivity contribution is -0.138. The fourth-order valence-corrected chi connectivity index (χ4v) is 5.51. The van der Waals surface area contributed by atoms with Crippen LogP contribution in [0.5, 0.6) is 0 Å². The molecule has 3 aromatic rings. The normalized spacial score (nSPS) is 22.2. The Kier molecular flexibility index (Phi) is 6.15. The van der Waals surface area contributed by atoms with Gasteiger partial charge in [0.25, 0.3) is 0 Å². The number of carbonyl (C=O) groups excluding carboxylic acids is 1. The SMILES string of the molecule is O=C(C1CCC(Nc2nccc(-c3c[nH]c4cccc(Br)c34)n2)CC1)N1CCC(O)CC1. The van der Waals surface area contributed by atoms with Crippen molar-refractivity contribution in [2.24, 2.45) is 5.92 Å². The number of carbonyl (C=O) groups is 1. The van der Waals surface area contributed by atoms with Gasteiger partial charge >= 0.3 is 0 Å². The Morgan fingerprint density at radius 3 is 2.69 bits per heavy atom. The minimum atomic E-state index is -0.250. The lowest BCUT2D eigenvalue weighted by atomic mass is 9.85. The Balaban J connectivity index is 1.22. The van der Waals surface area contributed by atoms with Crippen LogP contribution in [0.25, 0.3) is 22.2 Å². The highest BCUT2D eigenvalue weighted by atomic mass is 79.9. The first-order chi connectivity index (χ1) is 15.6. The van der Waals surface area contributed by atoms with E-state index in [4.69, 9.17) is 4.98 Å². The van der Waals surface area contributed by atoms with Gasteiger partial charge in [0, 0.05) is 58.4 Å². The summed E-state index contributed by atoms with van der Waals surface area (Å²) in [6.07, 6.45) is 8.54. The third-order valence-corrected chi connectivity index (χ3v) is 7.43. The molecule has 1 saturated heterocycles. The predicted octanol–water partition coefficient (Wildman–Crippen LogP) is 4.34. The maximum atomic E-state index is 12.8. The van der Waals surface area contributed by atoms with E-state index in [0.29, 0.717) is 31.9 Å². The number of anilines is 1. The average Bonchev–Trinajstić information content (AvgIpc) is 3.26. The Morgan fingerprint density at radius 1 is 1.12 bits per heavy atom. The molecule has 0 spiro atoms. The van der Waals surface area contributed by atoms with Gasteiger partial charge < -0.3 is 20.3 Å². The highest BCUT2D eigenvalue weighted by Gasteiger charge is 2.31. The second-order valence-corrected chi connectivity index (χ2v) is 9.73. The number of likely N-dealkylation sites (tertiary alicyclic amines) is 1. The molecule has 0 unspecified atom stereocenters. The molecule has 0 atom stereocenters. The Bertz CT molecular complexity index is 1100. The number of benzene rings is 1. The minimum Gasteiger partial charge on any atom is -0.393 e. The number of halogens is 1. The summed E-state index contributed by atoms with van der Waals surface area (Å²) in [6, 6.07) is 8.29. The standard InChI is InChI=1S/C24H28BrN5O2/c25-19-2-1-3-21-22(19)18(14-27-21)20-8-11-26-24(29-20)28-16-6-4-15(5-7-16)23(32)30-12-9-17(31)10-13-30/h1-3,8,11,14-17,27,31H,4-7,9-10,12-13H2,(H,26,28,29). The van der Waals surface area contributed by atoms with E-state index in [2.05, 4.69) is 37.3 Å². The van der Waals surface area contributed by atoms with Crippen LogP contribution in [0, 0.1) is 5.92 Å². The lowest BCUT2D eigenvalue weighted by Crippen LogP contribution is -2.44. The number of aromatic amines is 1. The molecule has 1 saturated carbocycles. The average molecular weight is 498 g/mol. The van der Waals surface area contributed by atoms with E-state index in [1.807, 2.05) is 29.3 Å². The lowest BCUT2D eigenvalue weighted by Gasteiger charge is -2.35. The molecule has 168 valence electrons. The maximum Gasteiger partial charge on any atom is 0.225 e. The molecule has 32 heavy (non-hydrogen) atoms. The van der Waals surface area contributed by atoms with Gasteiger partial charge in [-0.05, 0) is 56.7 Å². The third kappa shape index (κ3) is 4.38. The van der Waals surface area contributed by atoms with Crippen LogP contribution in [0.3, 0.4) is 0 Å². The van der Waals surface area contributed by atoms with E-state index in [-0.39, 0.29) is 24.0 Å². The van der Waals surface area contributed by atoms with Gasteiger partial charge in [0.05, 0.1) is 11.8 Å². The van der Waals surface area contributed by atoms with Gasteiger partial charge in [0.15, 0.2) is 0 Å². The molecule has 2 fully saturated rings. The molecular weight excluding hydrogens is 470 g/mol. The van der Waals surface area contributed by atoms with Crippen LogP contribution in [-0.4, -0.2) is 56.1 Å². The largest absolute Gasteiger partial charge is 0.393 e. The van der Waals surface area contributed by atoms with Gasteiger partial charge in [0.2, 0.25) is 11.9 Å². The molecule has 2 aliphatic rings. The van der Waals surface area contributed by atoms with E-state index in [1.165, 1.54) is 0 Å². The van der Waals surface area contributed by atoms with Gasteiger partial charge in [-0.3, -0.25) is 4.79 Å².